The van der Waals surface area contributed by atoms with Crippen LogP contribution in [0.5, 0.6) is 0 Å². The van der Waals surface area contributed by atoms with Crippen molar-refractivity contribution in [1.82, 2.24) is 0 Å². The molecule has 0 aromatic heterocycles. The first kappa shape index (κ1) is 12.0. The third kappa shape index (κ3) is 6.66. The quantitative estimate of drug-likeness (QED) is 0.595. The fraction of sp³-hybridized carbons (Fsp3) is 1.00. The molecule has 1 rings (SSSR count). The van der Waals surface area contributed by atoms with E-state index < -0.39 is 0 Å². The molecule has 0 radical (unpaired) electrons. The van der Waals surface area contributed by atoms with Crippen molar-refractivity contribution in [1.29, 1.82) is 0 Å². The van der Waals surface area contributed by atoms with Gasteiger partial charge in [-0.1, -0.05) is 40.5 Å². The summed E-state index contributed by atoms with van der Waals surface area (Å²) in [4.78, 5) is 0. The summed E-state index contributed by atoms with van der Waals surface area (Å²) in [6.45, 7) is 8.63. The standard InChI is InChI=1S/C7H14O.C4H10/c1-6-4-2-3-5-7(6)8;1-4(2)3/h6-8H,2-5H2,1H3;4H,1-3H3. The van der Waals surface area contributed by atoms with Gasteiger partial charge in [0, 0.05) is 0 Å². The molecule has 2 atom stereocenters. The Hall–Kier alpha value is -0.0400. The lowest BCUT2D eigenvalue weighted by Crippen LogP contribution is -2.21. The SMILES string of the molecule is CC(C)C.CC1CCCCC1O. The van der Waals surface area contributed by atoms with Crippen LogP contribution in [0, 0.1) is 11.8 Å². The van der Waals surface area contributed by atoms with E-state index in [0.29, 0.717) is 5.92 Å². The molecule has 0 amide bonds. The van der Waals surface area contributed by atoms with E-state index in [1.54, 1.807) is 0 Å². The molecule has 1 saturated carbocycles. The van der Waals surface area contributed by atoms with Crippen molar-refractivity contribution in [2.45, 2.75) is 59.5 Å². The molecule has 0 aromatic carbocycles. The van der Waals surface area contributed by atoms with E-state index in [0.717, 1.165) is 12.3 Å². The molecule has 0 spiro atoms. The second-order valence-corrected chi connectivity index (χ2v) is 4.56. The Labute approximate surface area is 77.2 Å². The summed E-state index contributed by atoms with van der Waals surface area (Å²) in [6, 6.07) is 0. The van der Waals surface area contributed by atoms with Gasteiger partial charge in [0.1, 0.15) is 0 Å². The van der Waals surface area contributed by atoms with E-state index in [9.17, 15) is 5.11 Å². The molecule has 0 saturated heterocycles. The highest BCUT2D eigenvalue weighted by Gasteiger charge is 2.17. The lowest BCUT2D eigenvalue weighted by Gasteiger charge is -2.23. The highest BCUT2D eigenvalue weighted by molar-refractivity contribution is 4.69. The Balaban J connectivity index is 0.000000261. The predicted molar refractivity (Wildman–Crippen MR) is 54.2 cm³/mol. The van der Waals surface area contributed by atoms with Crippen molar-refractivity contribution >= 4 is 0 Å². The Bertz CT molecular complexity index is 86.4. The first-order valence-electron chi connectivity index (χ1n) is 5.22. The van der Waals surface area contributed by atoms with Crippen LogP contribution in [-0.2, 0) is 0 Å². The van der Waals surface area contributed by atoms with E-state index in [1.165, 1.54) is 19.3 Å². The molecule has 1 heteroatoms. The molecule has 0 bridgehead atoms. The van der Waals surface area contributed by atoms with Gasteiger partial charge in [-0.15, -0.1) is 0 Å². The van der Waals surface area contributed by atoms with E-state index >= 15 is 0 Å². The minimum Gasteiger partial charge on any atom is -0.393 e. The first-order chi connectivity index (χ1) is 5.54. The lowest BCUT2D eigenvalue weighted by atomic mass is 9.88. The molecule has 1 aliphatic carbocycles. The van der Waals surface area contributed by atoms with Gasteiger partial charge in [-0.05, 0) is 24.7 Å². The molecular formula is C11H24O. The molecular weight excluding hydrogens is 148 g/mol. The van der Waals surface area contributed by atoms with Crippen LogP contribution in [0.2, 0.25) is 0 Å². The molecule has 0 heterocycles. The van der Waals surface area contributed by atoms with E-state index in [-0.39, 0.29) is 6.10 Å². The van der Waals surface area contributed by atoms with Crippen LogP contribution in [0.3, 0.4) is 0 Å². The minimum atomic E-state index is 0.00347. The zero-order valence-electron chi connectivity index (χ0n) is 9.01. The highest BCUT2D eigenvalue weighted by atomic mass is 16.3. The van der Waals surface area contributed by atoms with Gasteiger partial charge in [0.15, 0.2) is 0 Å². The van der Waals surface area contributed by atoms with E-state index in [2.05, 4.69) is 27.7 Å². The minimum absolute atomic E-state index is 0.00347. The molecule has 2 unspecified atom stereocenters. The van der Waals surface area contributed by atoms with E-state index in [1.807, 2.05) is 0 Å². The Morgan fingerprint density at radius 2 is 1.50 bits per heavy atom. The van der Waals surface area contributed by atoms with Crippen molar-refractivity contribution in [2.75, 3.05) is 0 Å². The Kier molecular flexibility index (Phi) is 6.45. The largest absolute Gasteiger partial charge is 0.393 e. The summed E-state index contributed by atoms with van der Waals surface area (Å²) in [6.07, 6.45) is 4.80. The van der Waals surface area contributed by atoms with Crippen LogP contribution < -0.4 is 0 Å². The van der Waals surface area contributed by atoms with Gasteiger partial charge in [0.05, 0.1) is 6.10 Å². The number of hydrogen-bond acceptors (Lipinski definition) is 1. The molecule has 1 fully saturated rings. The molecule has 1 nitrogen and oxygen atoms in total. The van der Waals surface area contributed by atoms with Crippen LogP contribution >= 0.6 is 0 Å². The second-order valence-electron chi connectivity index (χ2n) is 4.56. The maximum absolute atomic E-state index is 9.18. The van der Waals surface area contributed by atoms with Crippen LogP contribution in [0.25, 0.3) is 0 Å². The van der Waals surface area contributed by atoms with Crippen molar-refractivity contribution in [2.24, 2.45) is 11.8 Å². The monoisotopic (exact) mass is 172 g/mol. The van der Waals surface area contributed by atoms with Gasteiger partial charge in [-0.2, -0.15) is 0 Å². The zero-order valence-corrected chi connectivity index (χ0v) is 9.01. The molecule has 0 aromatic rings. The normalized spacial score (nSPS) is 29.5. The van der Waals surface area contributed by atoms with E-state index in [4.69, 9.17) is 0 Å². The fourth-order valence-corrected chi connectivity index (χ4v) is 1.30. The summed E-state index contributed by atoms with van der Waals surface area (Å²) in [5, 5.41) is 9.18. The molecule has 12 heavy (non-hydrogen) atoms. The number of hydrogen-bond donors (Lipinski definition) is 1. The molecule has 74 valence electrons. The van der Waals surface area contributed by atoms with Gasteiger partial charge in [0.25, 0.3) is 0 Å². The molecule has 0 aliphatic heterocycles. The Morgan fingerprint density at radius 3 is 1.75 bits per heavy atom. The summed E-state index contributed by atoms with van der Waals surface area (Å²) >= 11 is 0. The number of aliphatic hydroxyl groups is 1. The van der Waals surface area contributed by atoms with Gasteiger partial charge in [-0.3, -0.25) is 0 Å². The maximum Gasteiger partial charge on any atom is 0.0565 e. The van der Waals surface area contributed by atoms with Gasteiger partial charge in [0.2, 0.25) is 0 Å². The molecule has 1 N–H and O–H groups in total. The summed E-state index contributed by atoms with van der Waals surface area (Å²) in [7, 11) is 0. The molecule has 1 aliphatic rings. The topological polar surface area (TPSA) is 20.2 Å². The first-order valence-corrected chi connectivity index (χ1v) is 5.22. The van der Waals surface area contributed by atoms with Crippen LogP contribution in [0.15, 0.2) is 0 Å². The van der Waals surface area contributed by atoms with Crippen molar-refractivity contribution in [3.05, 3.63) is 0 Å². The van der Waals surface area contributed by atoms with Crippen LogP contribution in [-0.4, -0.2) is 11.2 Å². The van der Waals surface area contributed by atoms with Crippen molar-refractivity contribution in [3.8, 4) is 0 Å². The van der Waals surface area contributed by atoms with Crippen LogP contribution in [0.4, 0.5) is 0 Å². The summed E-state index contributed by atoms with van der Waals surface area (Å²) < 4.78 is 0. The van der Waals surface area contributed by atoms with Gasteiger partial charge in [-0.25, -0.2) is 0 Å². The average molecular weight is 172 g/mol. The average Bonchev–Trinajstić information content (AvgIpc) is 1.94. The van der Waals surface area contributed by atoms with Gasteiger partial charge >= 0.3 is 0 Å². The lowest BCUT2D eigenvalue weighted by molar-refractivity contribution is 0.0793. The zero-order chi connectivity index (χ0) is 9.56. The maximum atomic E-state index is 9.18. The second kappa shape index (κ2) is 6.47. The van der Waals surface area contributed by atoms with Crippen molar-refractivity contribution < 1.29 is 5.11 Å². The third-order valence-corrected chi connectivity index (χ3v) is 2.07. The predicted octanol–water partition coefficient (Wildman–Crippen LogP) is 3.22. The van der Waals surface area contributed by atoms with Crippen molar-refractivity contribution in [3.63, 3.8) is 0 Å². The summed E-state index contributed by atoms with van der Waals surface area (Å²) in [5.41, 5.74) is 0. The fourth-order valence-electron chi connectivity index (χ4n) is 1.30. The van der Waals surface area contributed by atoms with Gasteiger partial charge < -0.3 is 5.11 Å². The smallest absolute Gasteiger partial charge is 0.0565 e. The number of aliphatic hydroxyl groups excluding tert-OH is 1. The van der Waals surface area contributed by atoms with Crippen LogP contribution in [0.1, 0.15) is 53.4 Å². The summed E-state index contributed by atoms with van der Waals surface area (Å²) in [5.74, 6) is 1.39. The highest BCUT2D eigenvalue weighted by Crippen LogP contribution is 2.22. The number of rotatable bonds is 0. The third-order valence-electron chi connectivity index (χ3n) is 2.07. The Morgan fingerprint density at radius 1 is 1.08 bits per heavy atom.